The zero-order chi connectivity index (χ0) is 14.5. The number of likely N-dealkylation sites (tertiary alicyclic amines) is 1. The van der Waals surface area contributed by atoms with Gasteiger partial charge in [-0.15, -0.1) is 0 Å². The van der Waals surface area contributed by atoms with E-state index in [1.54, 1.807) is 6.20 Å². The van der Waals surface area contributed by atoms with Crippen LogP contribution in [0.25, 0.3) is 11.3 Å². The van der Waals surface area contributed by atoms with E-state index in [0.29, 0.717) is 6.04 Å². The Morgan fingerprint density at radius 1 is 1.19 bits per heavy atom. The molecular weight excluding hydrogens is 260 g/mol. The first-order valence-electron chi connectivity index (χ1n) is 7.82. The van der Waals surface area contributed by atoms with Crippen LogP contribution in [0.5, 0.6) is 0 Å². The van der Waals surface area contributed by atoms with Crippen LogP contribution in [0.15, 0.2) is 36.5 Å². The van der Waals surface area contributed by atoms with Crippen LogP contribution < -0.4 is 5.32 Å². The van der Waals surface area contributed by atoms with E-state index in [2.05, 4.69) is 51.7 Å². The topological polar surface area (TPSA) is 44.0 Å². The molecule has 21 heavy (non-hydrogen) atoms. The molecule has 1 aromatic heterocycles. The van der Waals surface area contributed by atoms with E-state index < -0.39 is 0 Å². The zero-order valence-electron chi connectivity index (χ0n) is 12.7. The number of hydrogen-bond acceptors (Lipinski definition) is 3. The minimum absolute atomic E-state index is 0.655. The van der Waals surface area contributed by atoms with Crippen LogP contribution in [0.4, 0.5) is 0 Å². The van der Waals surface area contributed by atoms with Crippen molar-refractivity contribution >= 4 is 0 Å². The maximum atomic E-state index is 3.99. The van der Waals surface area contributed by atoms with Crippen LogP contribution in [0.3, 0.4) is 0 Å². The van der Waals surface area contributed by atoms with Crippen LogP contribution in [0, 0.1) is 0 Å². The van der Waals surface area contributed by atoms with Crippen molar-refractivity contribution in [3.05, 3.63) is 42.1 Å². The third-order valence-corrected chi connectivity index (χ3v) is 4.31. The Labute approximate surface area is 126 Å². The fourth-order valence-corrected chi connectivity index (χ4v) is 2.93. The fraction of sp³-hybridized carbons (Fsp3) is 0.471. The van der Waals surface area contributed by atoms with Crippen molar-refractivity contribution in [3.63, 3.8) is 0 Å². The molecule has 0 spiro atoms. The van der Waals surface area contributed by atoms with Crippen molar-refractivity contribution in [3.8, 4) is 11.3 Å². The second-order valence-corrected chi connectivity index (χ2v) is 5.98. The van der Waals surface area contributed by atoms with Crippen molar-refractivity contribution in [1.82, 2.24) is 20.4 Å². The predicted octanol–water partition coefficient (Wildman–Crippen LogP) is 2.65. The summed E-state index contributed by atoms with van der Waals surface area (Å²) in [6.45, 7) is 3.39. The predicted molar refractivity (Wildman–Crippen MR) is 86.0 cm³/mol. The summed E-state index contributed by atoms with van der Waals surface area (Å²) in [7, 11) is 2.22. The maximum absolute atomic E-state index is 3.99. The summed E-state index contributed by atoms with van der Waals surface area (Å²) in [6, 6.07) is 11.4. The third-order valence-electron chi connectivity index (χ3n) is 4.31. The standard InChI is InChI=1S/C17H24N4/c1-21-11-2-3-16(9-12-21)18-13-14-4-6-15(7-5-14)17-8-10-19-20-17/h4-8,10,16,18H,2-3,9,11-13H2,1H3,(H,19,20). The van der Waals surface area contributed by atoms with Crippen molar-refractivity contribution in [1.29, 1.82) is 0 Å². The van der Waals surface area contributed by atoms with Gasteiger partial charge in [0, 0.05) is 18.8 Å². The Bertz CT molecular complexity index is 532. The molecule has 2 N–H and O–H groups in total. The lowest BCUT2D eigenvalue weighted by molar-refractivity contribution is 0.343. The number of aromatic amines is 1. The second-order valence-electron chi connectivity index (χ2n) is 5.98. The molecule has 1 aliphatic rings. The summed E-state index contributed by atoms with van der Waals surface area (Å²) >= 11 is 0. The molecule has 1 atom stereocenters. The molecule has 0 bridgehead atoms. The average Bonchev–Trinajstić information content (AvgIpc) is 2.96. The Balaban J connectivity index is 1.53. The number of aromatic nitrogens is 2. The first-order chi connectivity index (χ1) is 10.3. The lowest BCUT2D eigenvalue weighted by Crippen LogP contribution is -2.29. The van der Waals surface area contributed by atoms with Gasteiger partial charge in [-0.3, -0.25) is 5.10 Å². The van der Waals surface area contributed by atoms with Gasteiger partial charge in [-0.05, 0) is 56.6 Å². The molecule has 1 saturated heterocycles. The second kappa shape index (κ2) is 6.87. The van der Waals surface area contributed by atoms with Gasteiger partial charge in [0.25, 0.3) is 0 Å². The Morgan fingerprint density at radius 2 is 2.05 bits per heavy atom. The molecule has 1 unspecified atom stereocenters. The molecule has 4 heteroatoms. The first-order valence-corrected chi connectivity index (χ1v) is 7.82. The van der Waals surface area contributed by atoms with Crippen molar-refractivity contribution in [2.75, 3.05) is 20.1 Å². The van der Waals surface area contributed by atoms with Crippen LogP contribution in [0.1, 0.15) is 24.8 Å². The molecule has 0 amide bonds. The quantitative estimate of drug-likeness (QED) is 0.907. The van der Waals surface area contributed by atoms with Gasteiger partial charge in [-0.2, -0.15) is 5.10 Å². The van der Waals surface area contributed by atoms with Gasteiger partial charge in [-0.1, -0.05) is 24.3 Å². The summed E-state index contributed by atoms with van der Waals surface area (Å²) in [6.07, 6.45) is 5.63. The molecule has 2 heterocycles. The highest BCUT2D eigenvalue weighted by molar-refractivity contribution is 5.58. The van der Waals surface area contributed by atoms with E-state index in [9.17, 15) is 0 Å². The van der Waals surface area contributed by atoms with Crippen molar-refractivity contribution in [2.45, 2.75) is 31.8 Å². The summed E-state index contributed by atoms with van der Waals surface area (Å²) in [5.74, 6) is 0. The van der Waals surface area contributed by atoms with Crippen LogP contribution in [-0.4, -0.2) is 41.3 Å². The minimum atomic E-state index is 0.655. The van der Waals surface area contributed by atoms with E-state index in [4.69, 9.17) is 0 Å². The van der Waals surface area contributed by atoms with E-state index >= 15 is 0 Å². The van der Waals surface area contributed by atoms with Gasteiger partial charge in [0.05, 0.1) is 5.69 Å². The Kier molecular flexibility index (Phi) is 4.68. The number of rotatable bonds is 4. The SMILES string of the molecule is CN1CCCC(NCc2ccc(-c3ccn[nH]3)cc2)CC1. The van der Waals surface area contributed by atoms with Crippen LogP contribution in [0.2, 0.25) is 0 Å². The first kappa shape index (κ1) is 14.3. The molecule has 4 nitrogen and oxygen atoms in total. The minimum Gasteiger partial charge on any atom is -0.310 e. The monoisotopic (exact) mass is 284 g/mol. The highest BCUT2D eigenvalue weighted by Crippen LogP contribution is 2.17. The van der Waals surface area contributed by atoms with Gasteiger partial charge >= 0.3 is 0 Å². The molecule has 3 rings (SSSR count). The Hall–Kier alpha value is -1.65. The highest BCUT2D eigenvalue weighted by atomic mass is 15.1. The summed E-state index contributed by atoms with van der Waals surface area (Å²) in [5.41, 5.74) is 3.60. The number of hydrogen-bond donors (Lipinski definition) is 2. The number of H-pyrrole nitrogens is 1. The lowest BCUT2D eigenvalue weighted by atomic mass is 10.1. The van der Waals surface area contributed by atoms with E-state index in [1.165, 1.54) is 43.5 Å². The molecule has 2 aromatic rings. The molecule has 1 aromatic carbocycles. The third kappa shape index (κ3) is 3.93. The average molecular weight is 284 g/mol. The molecular formula is C17H24N4. The molecule has 112 valence electrons. The maximum Gasteiger partial charge on any atom is 0.0650 e. The molecule has 0 aliphatic carbocycles. The molecule has 0 saturated carbocycles. The molecule has 0 radical (unpaired) electrons. The van der Waals surface area contributed by atoms with E-state index in [-0.39, 0.29) is 0 Å². The highest BCUT2D eigenvalue weighted by Gasteiger charge is 2.13. The van der Waals surface area contributed by atoms with Crippen LogP contribution in [-0.2, 0) is 6.54 Å². The number of nitrogens with one attached hydrogen (secondary N) is 2. The van der Waals surface area contributed by atoms with Crippen molar-refractivity contribution in [2.24, 2.45) is 0 Å². The van der Waals surface area contributed by atoms with Crippen LogP contribution >= 0.6 is 0 Å². The normalized spacial score (nSPS) is 20.3. The Morgan fingerprint density at radius 3 is 2.81 bits per heavy atom. The fourth-order valence-electron chi connectivity index (χ4n) is 2.93. The van der Waals surface area contributed by atoms with Gasteiger partial charge < -0.3 is 10.2 Å². The van der Waals surface area contributed by atoms with E-state index in [1.807, 2.05) is 6.07 Å². The summed E-state index contributed by atoms with van der Waals surface area (Å²) < 4.78 is 0. The number of nitrogens with zero attached hydrogens (tertiary/aromatic N) is 2. The van der Waals surface area contributed by atoms with Gasteiger partial charge in [0.1, 0.15) is 0 Å². The summed E-state index contributed by atoms with van der Waals surface area (Å²) in [5, 5.41) is 10.7. The van der Waals surface area contributed by atoms with Gasteiger partial charge in [0.15, 0.2) is 0 Å². The number of benzene rings is 1. The van der Waals surface area contributed by atoms with Crippen molar-refractivity contribution < 1.29 is 0 Å². The summed E-state index contributed by atoms with van der Waals surface area (Å²) in [4.78, 5) is 2.43. The zero-order valence-corrected chi connectivity index (χ0v) is 12.7. The smallest absolute Gasteiger partial charge is 0.0650 e. The largest absolute Gasteiger partial charge is 0.310 e. The molecule has 1 fully saturated rings. The van der Waals surface area contributed by atoms with Gasteiger partial charge in [-0.25, -0.2) is 0 Å². The lowest BCUT2D eigenvalue weighted by Gasteiger charge is -2.17. The van der Waals surface area contributed by atoms with Gasteiger partial charge in [0.2, 0.25) is 0 Å². The molecule has 1 aliphatic heterocycles. The van der Waals surface area contributed by atoms with E-state index in [0.717, 1.165) is 12.2 Å².